The third kappa shape index (κ3) is 2.90. The minimum Gasteiger partial charge on any atom is -0.399 e. The Kier molecular flexibility index (Phi) is 3.82. The molecule has 0 saturated carbocycles. The molecule has 0 fully saturated rings. The van der Waals surface area contributed by atoms with Gasteiger partial charge in [0, 0.05) is 5.69 Å². The molecule has 2 N–H and O–H groups in total. The number of rotatable bonds is 2. The fourth-order valence-electron chi connectivity index (χ4n) is 1.24. The molecule has 0 spiro atoms. The first-order valence-corrected chi connectivity index (χ1v) is 6.89. The molecule has 0 amide bonds. The Balaban J connectivity index is 3.29. The van der Waals surface area contributed by atoms with Crippen molar-refractivity contribution in [3.05, 3.63) is 34.7 Å². The van der Waals surface area contributed by atoms with E-state index in [-0.39, 0.29) is 4.91 Å². The van der Waals surface area contributed by atoms with E-state index >= 15 is 0 Å². The molecule has 1 aromatic rings. The topological polar surface area (TPSA) is 84.0 Å². The SMILES string of the molecule is CC(C)(C)S(=O)(=O)/C(C#N)=C\c1ccc(N)cc1. The van der Waals surface area contributed by atoms with Crippen molar-refractivity contribution < 1.29 is 8.42 Å². The summed E-state index contributed by atoms with van der Waals surface area (Å²) in [4.78, 5) is -0.236. The van der Waals surface area contributed by atoms with E-state index in [1.165, 1.54) is 6.08 Å². The number of nitrogen functional groups attached to an aromatic ring is 1. The molecular weight excluding hydrogens is 248 g/mol. The first-order valence-electron chi connectivity index (χ1n) is 5.40. The lowest BCUT2D eigenvalue weighted by Gasteiger charge is -2.18. The maximum absolute atomic E-state index is 12.1. The molecule has 5 heteroatoms. The van der Waals surface area contributed by atoms with Crippen molar-refractivity contribution in [3.8, 4) is 6.07 Å². The second-order valence-corrected chi connectivity index (χ2v) is 7.57. The number of anilines is 1. The molecule has 96 valence electrons. The van der Waals surface area contributed by atoms with E-state index in [9.17, 15) is 8.42 Å². The summed E-state index contributed by atoms with van der Waals surface area (Å²) in [6.45, 7) is 4.70. The summed E-state index contributed by atoms with van der Waals surface area (Å²) < 4.78 is 23.3. The summed E-state index contributed by atoms with van der Waals surface area (Å²) in [5, 5.41) is 9.02. The molecule has 0 aliphatic carbocycles. The van der Waals surface area contributed by atoms with Crippen LogP contribution >= 0.6 is 0 Å². The van der Waals surface area contributed by atoms with E-state index in [0.29, 0.717) is 11.3 Å². The quantitative estimate of drug-likeness (QED) is 0.656. The fourth-order valence-corrected chi connectivity index (χ4v) is 2.31. The van der Waals surface area contributed by atoms with Gasteiger partial charge in [-0.2, -0.15) is 5.26 Å². The van der Waals surface area contributed by atoms with Gasteiger partial charge in [0.05, 0.1) is 4.75 Å². The normalized spacial score (nSPS) is 13.1. The molecule has 1 rings (SSSR count). The lowest BCUT2D eigenvalue weighted by molar-refractivity contribution is 0.568. The van der Waals surface area contributed by atoms with Crippen molar-refractivity contribution in [1.29, 1.82) is 5.26 Å². The number of nitrogens with two attached hydrogens (primary N) is 1. The zero-order valence-corrected chi connectivity index (χ0v) is 11.5. The number of sulfone groups is 1. The van der Waals surface area contributed by atoms with Gasteiger partial charge < -0.3 is 5.73 Å². The molecule has 0 heterocycles. The van der Waals surface area contributed by atoms with Crippen molar-refractivity contribution in [2.75, 3.05) is 5.73 Å². The van der Waals surface area contributed by atoms with Gasteiger partial charge in [-0.05, 0) is 44.5 Å². The van der Waals surface area contributed by atoms with E-state index < -0.39 is 14.6 Å². The molecule has 0 saturated heterocycles. The van der Waals surface area contributed by atoms with Crippen LogP contribution in [0, 0.1) is 11.3 Å². The number of allylic oxidation sites excluding steroid dienone is 1. The number of hydrogen-bond donors (Lipinski definition) is 1. The Morgan fingerprint density at radius 1 is 1.28 bits per heavy atom. The molecule has 0 radical (unpaired) electrons. The van der Waals surface area contributed by atoms with Crippen molar-refractivity contribution in [1.82, 2.24) is 0 Å². The molecular formula is C13H16N2O2S. The summed E-state index contributed by atoms with van der Waals surface area (Å²) >= 11 is 0. The van der Waals surface area contributed by atoms with Crippen molar-refractivity contribution in [2.24, 2.45) is 0 Å². The van der Waals surface area contributed by atoms with Crippen molar-refractivity contribution in [2.45, 2.75) is 25.5 Å². The summed E-state index contributed by atoms with van der Waals surface area (Å²) in [5.41, 5.74) is 6.76. The Hall–Kier alpha value is -1.80. The first kappa shape index (κ1) is 14.3. The van der Waals surface area contributed by atoms with Crippen LogP contribution in [0.3, 0.4) is 0 Å². The summed E-state index contributed by atoms with van der Waals surface area (Å²) in [6, 6.07) is 8.41. The highest BCUT2D eigenvalue weighted by molar-refractivity contribution is 7.97. The van der Waals surface area contributed by atoms with Crippen LogP contribution < -0.4 is 5.73 Å². The number of hydrogen-bond acceptors (Lipinski definition) is 4. The van der Waals surface area contributed by atoms with Crippen molar-refractivity contribution >= 4 is 21.6 Å². The van der Waals surface area contributed by atoms with E-state index in [1.807, 2.05) is 0 Å². The highest BCUT2D eigenvalue weighted by Gasteiger charge is 2.32. The molecule has 0 aliphatic rings. The summed E-state index contributed by atoms with van der Waals surface area (Å²) in [5.74, 6) is 0. The highest BCUT2D eigenvalue weighted by atomic mass is 32.2. The lowest BCUT2D eigenvalue weighted by Crippen LogP contribution is -2.28. The van der Waals surface area contributed by atoms with Gasteiger partial charge in [-0.15, -0.1) is 0 Å². The Morgan fingerprint density at radius 3 is 2.17 bits per heavy atom. The third-order valence-corrected chi connectivity index (χ3v) is 4.84. The molecule has 18 heavy (non-hydrogen) atoms. The Morgan fingerprint density at radius 2 is 1.78 bits per heavy atom. The van der Waals surface area contributed by atoms with Gasteiger partial charge in [-0.3, -0.25) is 0 Å². The summed E-state index contributed by atoms with van der Waals surface area (Å²) in [6.07, 6.45) is 1.36. The standard InChI is InChI=1S/C13H16N2O2S/c1-13(2,3)18(16,17)12(9-14)8-10-4-6-11(15)7-5-10/h4-8H,15H2,1-3H3/b12-8-. The highest BCUT2D eigenvalue weighted by Crippen LogP contribution is 2.25. The van der Waals surface area contributed by atoms with E-state index in [1.54, 1.807) is 51.1 Å². The van der Waals surface area contributed by atoms with Crippen LogP contribution in [-0.4, -0.2) is 13.2 Å². The minimum absolute atomic E-state index is 0.236. The second kappa shape index (κ2) is 4.83. The maximum atomic E-state index is 12.1. The van der Waals surface area contributed by atoms with Gasteiger partial charge in [-0.1, -0.05) is 12.1 Å². The van der Waals surface area contributed by atoms with Gasteiger partial charge in [0.2, 0.25) is 0 Å². The molecule has 1 aromatic carbocycles. The zero-order chi connectivity index (χ0) is 14.0. The van der Waals surface area contributed by atoms with E-state index in [2.05, 4.69) is 0 Å². The number of benzene rings is 1. The molecule has 0 atom stereocenters. The van der Waals surface area contributed by atoms with E-state index in [0.717, 1.165) is 0 Å². The molecule has 0 aliphatic heterocycles. The number of nitriles is 1. The van der Waals surface area contributed by atoms with Crippen LogP contribution in [-0.2, 0) is 9.84 Å². The van der Waals surface area contributed by atoms with Crippen LogP contribution in [0.25, 0.3) is 6.08 Å². The van der Waals surface area contributed by atoms with Crippen LogP contribution in [0.2, 0.25) is 0 Å². The average molecular weight is 264 g/mol. The van der Waals surface area contributed by atoms with Crippen LogP contribution in [0.4, 0.5) is 5.69 Å². The first-order chi connectivity index (χ1) is 8.18. The Labute approximate surface area is 108 Å². The molecule has 4 nitrogen and oxygen atoms in total. The van der Waals surface area contributed by atoms with E-state index in [4.69, 9.17) is 11.0 Å². The fraction of sp³-hybridized carbons (Fsp3) is 0.308. The van der Waals surface area contributed by atoms with Gasteiger partial charge in [-0.25, -0.2) is 8.42 Å². The van der Waals surface area contributed by atoms with Crippen LogP contribution in [0.5, 0.6) is 0 Å². The largest absolute Gasteiger partial charge is 0.399 e. The monoisotopic (exact) mass is 264 g/mol. The van der Waals surface area contributed by atoms with Crippen LogP contribution in [0.1, 0.15) is 26.3 Å². The second-order valence-electron chi connectivity index (χ2n) is 4.90. The average Bonchev–Trinajstić information content (AvgIpc) is 2.26. The Bertz CT molecular complexity index is 600. The minimum atomic E-state index is -3.63. The third-order valence-electron chi connectivity index (χ3n) is 2.44. The summed E-state index contributed by atoms with van der Waals surface area (Å²) in [7, 11) is -3.63. The smallest absolute Gasteiger partial charge is 0.193 e. The van der Waals surface area contributed by atoms with Crippen molar-refractivity contribution in [3.63, 3.8) is 0 Å². The van der Waals surface area contributed by atoms with Gasteiger partial charge in [0.1, 0.15) is 11.0 Å². The predicted molar refractivity (Wildman–Crippen MR) is 73.1 cm³/mol. The van der Waals surface area contributed by atoms with Crippen LogP contribution in [0.15, 0.2) is 29.2 Å². The molecule has 0 aromatic heterocycles. The zero-order valence-electron chi connectivity index (χ0n) is 10.6. The van der Waals surface area contributed by atoms with Gasteiger partial charge >= 0.3 is 0 Å². The predicted octanol–water partition coefficient (Wildman–Crippen LogP) is 2.35. The van der Waals surface area contributed by atoms with Gasteiger partial charge in [0.15, 0.2) is 9.84 Å². The molecule has 0 unspecified atom stereocenters. The van der Waals surface area contributed by atoms with Gasteiger partial charge in [0.25, 0.3) is 0 Å². The lowest BCUT2D eigenvalue weighted by atomic mass is 10.2. The molecule has 0 bridgehead atoms. The number of nitrogens with zero attached hydrogens (tertiary/aromatic N) is 1. The maximum Gasteiger partial charge on any atom is 0.193 e.